The molecule has 1 aromatic carbocycles. The van der Waals surface area contributed by atoms with Crippen LogP contribution in [-0.4, -0.2) is 12.4 Å². The summed E-state index contributed by atoms with van der Waals surface area (Å²) < 4.78 is 28.6. The third-order valence-corrected chi connectivity index (χ3v) is 2.11. The Bertz CT molecular complexity index is 464. The normalized spacial score (nSPS) is 10.0. The van der Waals surface area contributed by atoms with Crippen molar-refractivity contribution < 1.29 is 18.3 Å². The number of rotatable bonds is 3. The van der Waals surface area contributed by atoms with Crippen molar-refractivity contribution in [2.24, 2.45) is 0 Å². The van der Waals surface area contributed by atoms with Crippen LogP contribution < -0.4 is 4.74 Å². The zero-order valence-corrected chi connectivity index (χ0v) is 8.75. The molecule has 1 aromatic rings. The van der Waals surface area contributed by atoms with Gasteiger partial charge in [0.2, 0.25) is 0 Å². The van der Waals surface area contributed by atoms with Crippen LogP contribution in [0.4, 0.5) is 8.78 Å². The van der Waals surface area contributed by atoms with Crippen LogP contribution >= 0.6 is 0 Å². The lowest BCUT2D eigenvalue weighted by Gasteiger charge is -2.12. The van der Waals surface area contributed by atoms with Gasteiger partial charge in [0.05, 0.1) is 17.2 Å². The number of hydrogen-bond acceptors (Lipinski definition) is 3. The summed E-state index contributed by atoms with van der Waals surface area (Å²) in [6.45, 7) is -0.312. The van der Waals surface area contributed by atoms with Gasteiger partial charge in [0.25, 0.3) is 0 Å². The summed E-state index contributed by atoms with van der Waals surface area (Å²) in [6.07, 6.45) is 0. The van der Waals surface area contributed by atoms with Crippen molar-refractivity contribution >= 4 is 5.78 Å². The van der Waals surface area contributed by atoms with E-state index in [9.17, 15) is 13.6 Å². The van der Waals surface area contributed by atoms with E-state index in [-0.39, 0.29) is 28.2 Å². The predicted octanol–water partition coefficient (Wildman–Crippen LogP) is 2.67. The number of nitrogens with zero attached hydrogens (tertiary/aromatic N) is 1. The number of ether oxygens (including phenoxy) is 1. The lowest BCUT2D eigenvalue weighted by molar-refractivity contribution is -0.0505. The van der Waals surface area contributed by atoms with Crippen LogP contribution in [0.25, 0.3) is 0 Å². The highest BCUT2D eigenvalue weighted by Crippen LogP contribution is 2.28. The Hall–Kier alpha value is -1.96. The molecule has 0 unspecified atom stereocenters. The molecule has 0 aromatic heterocycles. The van der Waals surface area contributed by atoms with E-state index in [0.717, 1.165) is 0 Å². The molecular weight excluding hydrogens is 216 g/mol. The fourth-order valence-corrected chi connectivity index (χ4v) is 1.33. The topological polar surface area (TPSA) is 50.1 Å². The van der Waals surface area contributed by atoms with Gasteiger partial charge in [-0.1, -0.05) is 0 Å². The van der Waals surface area contributed by atoms with Crippen LogP contribution in [-0.2, 0) is 0 Å². The second-order valence-corrected chi connectivity index (χ2v) is 3.16. The van der Waals surface area contributed by atoms with Gasteiger partial charge < -0.3 is 4.74 Å². The molecule has 0 aliphatic carbocycles. The van der Waals surface area contributed by atoms with E-state index in [2.05, 4.69) is 4.74 Å². The number of Topliss-reactive ketones (excluding diaryl/α,β-unsaturated/α-hetero) is 1. The minimum absolute atomic E-state index is 0.0526. The first-order chi connectivity index (χ1) is 7.47. The fourth-order valence-electron chi connectivity index (χ4n) is 1.33. The molecule has 3 nitrogen and oxygen atoms in total. The highest BCUT2D eigenvalue weighted by atomic mass is 19.3. The van der Waals surface area contributed by atoms with Gasteiger partial charge in [-0.05, 0) is 26.0 Å². The van der Waals surface area contributed by atoms with Crippen LogP contribution in [0.2, 0.25) is 0 Å². The number of alkyl halides is 2. The maximum Gasteiger partial charge on any atom is 0.387 e. The van der Waals surface area contributed by atoms with Gasteiger partial charge in [-0.2, -0.15) is 14.0 Å². The number of ketones is 1. The molecule has 0 bridgehead atoms. The molecule has 0 radical (unpaired) electrons. The van der Waals surface area contributed by atoms with E-state index >= 15 is 0 Å². The summed E-state index contributed by atoms with van der Waals surface area (Å²) in [6, 6.07) is 4.56. The standard InChI is InChI=1S/C11H9F2NO2/c1-6-8(5-14)3-4-9(7(2)15)10(6)16-11(12)13/h3-4,11H,1-2H3. The molecule has 0 heterocycles. The Morgan fingerprint density at radius 2 is 2.12 bits per heavy atom. The van der Waals surface area contributed by atoms with Gasteiger partial charge in [0, 0.05) is 5.56 Å². The smallest absolute Gasteiger partial charge is 0.387 e. The average Bonchev–Trinajstić information content (AvgIpc) is 2.19. The largest absolute Gasteiger partial charge is 0.434 e. The van der Waals surface area contributed by atoms with Gasteiger partial charge in [-0.3, -0.25) is 4.79 Å². The van der Waals surface area contributed by atoms with Crippen molar-refractivity contribution in [2.45, 2.75) is 20.5 Å². The SMILES string of the molecule is CC(=O)c1ccc(C#N)c(C)c1OC(F)F. The van der Waals surface area contributed by atoms with Gasteiger partial charge in [-0.15, -0.1) is 0 Å². The maximum atomic E-state index is 12.2. The van der Waals surface area contributed by atoms with Gasteiger partial charge >= 0.3 is 6.61 Å². The second kappa shape index (κ2) is 4.71. The molecule has 0 fully saturated rings. The maximum absolute atomic E-state index is 12.2. The Kier molecular flexibility index (Phi) is 3.56. The van der Waals surface area contributed by atoms with E-state index in [1.807, 2.05) is 6.07 Å². The molecule has 0 saturated carbocycles. The van der Waals surface area contributed by atoms with Crippen molar-refractivity contribution in [3.05, 3.63) is 28.8 Å². The second-order valence-electron chi connectivity index (χ2n) is 3.16. The molecule has 0 saturated heterocycles. The number of carbonyl (C=O) groups excluding carboxylic acids is 1. The van der Waals surface area contributed by atoms with E-state index in [1.165, 1.54) is 26.0 Å². The quantitative estimate of drug-likeness (QED) is 0.743. The van der Waals surface area contributed by atoms with Crippen molar-refractivity contribution in [1.29, 1.82) is 5.26 Å². The molecule has 0 spiro atoms. The first-order valence-corrected chi connectivity index (χ1v) is 4.46. The first-order valence-electron chi connectivity index (χ1n) is 4.46. The van der Waals surface area contributed by atoms with Gasteiger partial charge in [0.1, 0.15) is 5.75 Å². The van der Waals surface area contributed by atoms with E-state index < -0.39 is 6.61 Å². The summed E-state index contributed by atoms with van der Waals surface area (Å²) in [5, 5.41) is 8.73. The molecule has 0 N–H and O–H groups in total. The van der Waals surface area contributed by atoms with Crippen LogP contribution in [0.15, 0.2) is 12.1 Å². The molecular formula is C11H9F2NO2. The fraction of sp³-hybridized carbons (Fsp3) is 0.273. The lowest BCUT2D eigenvalue weighted by atomic mass is 10.0. The monoisotopic (exact) mass is 225 g/mol. The number of halogens is 2. The minimum atomic E-state index is -3.02. The van der Waals surface area contributed by atoms with Crippen molar-refractivity contribution in [3.63, 3.8) is 0 Å². The summed E-state index contributed by atoms with van der Waals surface area (Å²) in [5.41, 5.74) is 0.507. The summed E-state index contributed by atoms with van der Waals surface area (Å²) in [5.74, 6) is -0.607. The Labute approximate surface area is 91.3 Å². The molecule has 0 aliphatic rings. The van der Waals surface area contributed by atoms with Crippen LogP contribution in [0.3, 0.4) is 0 Å². The third kappa shape index (κ3) is 2.34. The summed E-state index contributed by atoms with van der Waals surface area (Å²) in [4.78, 5) is 11.2. The molecule has 0 atom stereocenters. The molecule has 1 rings (SSSR count). The Morgan fingerprint density at radius 3 is 2.56 bits per heavy atom. The first kappa shape index (κ1) is 12.1. The Morgan fingerprint density at radius 1 is 1.50 bits per heavy atom. The zero-order valence-electron chi connectivity index (χ0n) is 8.75. The van der Waals surface area contributed by atoms with Crippen LogP contribution in [0.5, 0.6) is 5.75 Å². The highest BCUT2D eigenvalue weighted by molar-refractivity contribution is 5.97. The third-order valence-electron chi connectivity index (χ3n) is 2.11. The van der Waals surface area contributed by atoms with Crippen molar-refractivity contribution in [1.82, 2.24) is 0 Å². The molecule has 0 aliphatic heterocycles. The Balaban J connectivity index is 3.38. The average molecular weight is 225 g/mol. The van der Waals surface area contributed by atoms with Crippen LogP contribution in [0, 0.1) is 18.3 Å². The summed E-state index contributed by atoms with van der Waals surface area (Å²) in [7, 11) is 0. The molecule has 16 heavy (non-hydrogen) atoms. The highest BCUT2D eigenvalue weighted by Gasteiger charge is 2.17. The molecule has 84 valence electrons. The van der Waals surface area contributed by atoms with Gasteiger partial charge in [-0.25, -0.2) is 0 Å². The van der Waals surface area contributed by atoms with Crippen LogP contribution in [0.1, 0.15) is 28.4 Å². The van der Waals surface area contributed by atoms with Gasteiger partial charge in [0.15, 0.2) is 5.78 Å². The summed E-state index contributed by atoms with van der Waals surface area (Å²) >= 11 is 0. The number of hydrogen-bond donors (Lipinski definition) is 0. The minimum Gasteiger partial charge on any atom is -0.434 e. The van der Waals surface area contributed by atoms with Crippen molar-refractivity contribution in [3.8, 4) is 11.8 Å². The predicted molar refractivity (Wildman–Crippen MR) is 52.5 cm³/mol. The molecule has 0 amide bonds. The number of benzene rings is 1. The molecule has 5 heteroatoms. The zero-order chi connectivity index (χ0) is 12.3. The van der Waals surface area contributed by atoms with E-state index in [4.69, 9.17) is 5.26 Å². The number of carbonyl (C=O) groups is 1. The number of nitriles is 1. The van der Waals surface area contributed by atoms with E-state index in [0.29, 0.717) is 0 Å². The van der Waals surface area contributed by atoms with E-state index in [1.54, 1.807) is 0 Å². The van der Waals surface area contributed by atoms with Crippen molar-refractivity contribution in [2.75, 3.05) is 0 Å². The lowest BCUT2D eigenvalue weighted by Crippen LogP contribution is -2.09.